The number of carbonyl (C=O) groups excluding carboxylic acids is 1. The summed E-state index contributed by atoms with van der Waals surface area (Å²) in [5.41, 5.74) is 0.772. The summed E-state index contributed by atoms with van der Waals surface area (Å²) < 4.78 is 2.39. The van der Waals surface area contributed by atoms with Gasteiger partial charge in [-0.1, -0.05) is 6.92 Å². The Morgan fingerprint density at radius 1 is 1.76 bits per heavy atom. The van der Waals surface area contributed by atoms with E-state index in [1.54, 1.807) is 17.8 Å². The van der Waals surface area contributed by atoms with Crippen LogP contribution in [0.5, 0.6) is 0 Å². The highest BCUT2D eigenvalue weighted by atomic mass is 79.9. The quantitative estimate of drug-likeness (QED) is 0.678. The Bertz CT molecular complexity index is 484. The lowest BCUT2D eigenvalue weighted by atomic mass is 10.2. The maximum Gasteiger partial charge on any atom is 0.262 e. The molecular weight excluding hydrogens is 284 g/mol. The molecule has 0 unspecified atom stereocenters. The molecule has 0 aliphatic heterocycles. The van der Waals surface area contributed by atoms with Gasteiger partial charge in [0.25, 0.3) is 5.91 Å². The highest BCUT2D eigenvalue weighted by Gasteiger charge is 2.09. The summed E-state index contributed by atoms with van der Waals surface area (Å²) in [5, 5.41) is 11.6. The van der Waals surface area contributed by atoms with Crippen molar-refractivity contribution in [2.75, 3.05) is 6.54 Å². The van der Waals surface area contributed by atoms with Gasteiger partial charge in [0.2, 0.25) is 0 Å². The molecule has 0 saturated heterocycles. The van der Waals surface area contributed by atoms with Crippen LogP contribution in [0.15, 0.2) is 16.5 Å². The molecule has 0 radical (unpaired) electrons. The predicted octanol–water partition coefficient (Wildman–Crippen LogP) is 1.62. The molecule has 0 bridgehead atoms. The van der Waals surface area contributed by atoms with Gasteiger partial charge in [0, 0.05) is 13.6 Å². The molecule has 0 aromatic carbocycles. The highest BCUT2D eigenvalue weighted by molar-refractivity contribution is 9.10. The van der Waals surface area contributed by atoms with Gasteiger partial charge >= 0.3 is 0 Å². The first-order valence-corrected chi connectivity index (χ1v) is 5.96. The first-order chi connectivity index (χ1) is 8.10. The Kier molecular flexibility index (Phi) is 4.91. The third-order valence-corrected chi connectivity index (χ3v) is 2.90. The van der Waals surface area contributed by atoms with Crippen LogP contribution in [0.2, 0.25) is 0 Å². The van der Waals surface area contributed by atoms with E-state index >= 15 is 0 Å². The van der Waals surface area contributed by atoms with Crippen molar-refractivity contribution in [1.29, 1.82) is 5.26 Å². The van der Waals surface area contributed by atoms with E-state index in [9.17, 15) is 4.79 Å². The molecule has 90 valence electrons. The van der Waals surface area contributed by atoms with Gasteiger partial charge in [-0.3, -0.25) is 4.79 Å². The van der Waals surface area contributed by atoms with Crippen LogP contribution < -0.4 is 5.32 Å². The van der Waals surface area contributed by atoms with Crippen molar-refractivity contribution in [1.82, 2.24) is 14.9 Å². The van der Waals surface area contributed by atoms with E-state index in [0.29, 0.717) is 17.0 Å². The minimum Gasteiger partial charge on any atom is -0.351 e. The third-order valence-electron chi connectivity index (χ3n) is 2.16. The molecule has 17 heavy (non-hydrogen) atoms. The van der Waals surface area contributed by atoms with Gasteiger partial charge in [0.1, 0.15) is 11.6 Å². The van der Waals surface area contributed by atoms with Crippen molar-refractivity contribution in [3.05, 3.63) is 22.2 Å². The van der Waals surface area contributed by atoms with Gasteiger partial charge in [-0.15, -0.1) is 0 Å². The lowest BCUT2D eigenvalue weighted by Gasteiger charge is -2.02. The molecule has 1 rings (SSSR count). The number of hydrogen-bond donors (Lipinski definition) is 1. The number of nitriles is 1. The molecule has 1 aromatic rings. The lowest BCUT2D eigenvalue weighted by molar-refractivity contribution is -0.117. The van der Waals surface area contributed by atoms with Crippen LogP contribution in [0.1, 0.15) is 19.0 Å². The molecule has 0 fully saturated rings. The van der Waals surface area contributed by atoms with Crippen LogP contribution in [0.3, 0.4) is 0 Å². The van der Waals surface area contributed by atoms with Crippen LogP contribution in [0.25, 0.3) is 6.08 Å². The van der Waals surface area contributed by atoms with Gasteiger partial charge in [0.15, 0.2) is 4.73 Å². The van der Waals surface area contributed by atoms with Gasteiger partial charge in [-0.05, 0) is 28.4 Å². The summed E-state index contributed by atoms with van der Waals surface area (Å²) in [6.07, 6.45) is 3.94. The van der Waals surface area contributed by atoms with Gasteiger partial charge in [0.05, 0.1) is 11.9 Å². The summed E-state index contributed by atoms with van der Waals surface area (Å²) in [5.74, 6) is -0.355. The molecular formula is C11H13BrN4O. The summed E-state index contributed by atoms with van der Waals surface area (Å²) in [6.45, 7) is 2.52. The summed E-state index contributed by atoms with van der Waals surface area (Å²) in [4.78, 5) is 15.6. The summed E-state index contributed by atoms with van der Waals surface area (Å²) in [7, 11) is 1.79. The monoisotopic (exact) mass is 296 g/mol. The zero-order valence-corrected chi connectivity index (χ0v) is 11.3. The van der Waals surface area contributed by atoms with Crippen molar-refractivity contribution in [2.45, 2.75) is 13.3 Å². The normalized spacial score (nSPS) is 11.1. The first kappa shape index (κ1) is 13.5. The van der Waals surface area contributed by atoms with Crippen molar-refractivity contribution >= 4 is 27.9 Å². The zero-order valence-electron chi connectivity index (χ0n) is 9.70. The molecule has 1 amide bonds. The summed E-state index contributed by atoms with van der Waals surface area (Å²) >= 11 is 3.25. The van der Waals surface area contributed by atoms with Gasteiger partial charge in [-0.2, -0.15) is 5.26 Å². The molecule has 0 aliphatic carbocycles. The number of rotatable bonds is 4. The largest absolute Gasteiger partial charge is 0.351 e. The first-order valence-electron chi connectivity index (χ1n) is 5.17. The maximum absolute atomic E-state index is 11.6. The number of halogens is 1. The van der Waals surface area contributed by atoms with Crippen LogP contribution in [-0.2, 0) is 11.8 Å². The Balaban J connectivity index is 2.91. The zero-order chi connectivity index (χ0) is 12.8. The van der Waals surface area contributed by atoms with Crippen LogP contribution in [0.4, 0.5) is 0 Å². The number of aromatic nitrogens is 2. The molecule has 0 atom stereocenters. The average molecular weight is 297 g/mol. The fourth-order valence-corrected chi connectivity index (χ4v) is 1.47. The molecule has 6 heteroatoms. The third kappa shape index (κ3) is 3.43. The molecule has 1 N–H and O–H groups in total. The molecule has 0 saturated carbocycles. The average Bonchev–Trinajstić information content (AvgIpc) is 2.64. The number of hydrogen-bond acceptors (Lipinski definition) is 3. The van der Waals surface area contributed by atoms with Crippen LogP contribution in [-0.4, -0.2) is 22.0 Å². The number of nitrogens with one attached hydrogen (secondary N) is 1. The SMILES string of the molecule is CCCNC(=O)/C(C#N)=C/c1cnc(Br)n1C. The van der Waals surface area contributed by atoms with Crippen LogP contribution in [0, 0.1) is 11.3 Å². The molecule has 5 nitrogen and oxygen atoms in total. The number of imidazole rings is 1. The maximum atomic E-state index is 11.6. The van der Waals surface area contributed by atoms with E-state index in [-0.39, 0.29) is 11.5 Å². The Morgan fingerprint density at radius 3 is 2.94 bits per heavy atom. The second kappa shape index (κ2) is 6.21. The standard InChI is InChI=1S/C11H13BrN4O/c1-3-4-14-10(17)8(6-13)5-9-7-15-11(12)16(9)2/h5,7H,3-4H2,1-2H3,(H,14,17)/b8-5+. The number of amides is 1. The fraction of sp³-hybridized carbons (Fsp3) is 0.364. The lowest BCUT2D eigenvalue weighted by Crippen LogP contribution is -2.25. The van der Waals surface area contributed by atoms with E-state index in [2.05, 4.69) is 26.2 Å². The fourth-order valence-electron chi connectivity index (χ4n) is 1.16. The molecule has 1 aromatic heterocycles. The van der Waals surface area contributed by atoms with Gasteiger partial charge < -0.3 is 9.88 Å². The predicted molar refractivity (Wildman–Crippen MR) is 67.8 cm³/mol. The minimum absolute atomic E-state index is 0.0777. The molecule has 0 aliphatic rings. The molecule has 1 heterocycles. The van der Waals surface area contributed by atoms with Crippen molar-refractivity contribution in [3.63, 3.8) is 0 Å². The number of nitrogens with zero attached hydrogens (tertiary/aromatic N) is 3. The van der Waals surface area contributed by atoms with Crippen molar-refractivity contribution in [3.8, 4) is 6.07 Å². The number of carbonyl (C=O) groups is 1. The summed E-state index contributed by atoms with van der Waals surface area (Å²) in [6, 6.07) is 1.89. The topological polar surface area (TPSA) is 70.7 Å². The van der Waals surface area contributed by atoms with Gasteiger partial charge in [-0.25, -0.2) is 4.98 Å². The Labute approximate surface area is 108 Å². The van der Waals surface area contributed by atoms with E-state index in [4.69, 9.17) is 5.26 Å². The van der Waals surface area contributed by atoms with E-state index in [1.165, 1.54) is 6.08 Å². The Hall–Kier alpha value is -1.61. The van der Waals surface area contributed by atoms with E-state index < -0.39 is 0 Å². The smallest absolute Gasteiger partial charge is 0.262 e. The van der Waals surface area contributed by atoms with E-state index in [0.717, 1.165) is 6.42 Å². The van der Waals surface area contributed by atoms with Crippen molar-refractivity contribution < 1.29 is 4.79 Å². The molecule has 0 spiro atoms. The highest BCUT2D eigenvalue weighted by Crippen LogP contribution is 2.12. The Morgan fingerprint density at radius 2 is 2.47 bits per heavy atom. The second-order valence-corrected chi connectivity index (χ2v) is 4.15. The minimum atomic E-state index is -0.355. The van der Waals surface area contributed by atoms with E-state index in [1.807, 2.05) is 13.0 Å². The van der Waals surface area contributed by atoms with Crippen molar-refractivity contribution in [2.24, 2.45) is 7.05 Å². The van der Waals surface area contributed by atoms with Crippen LogP contribution >= 0.6 is 15.9 Å². The second-order valence-electron chi connectivity index (χ2n) is 3.44.